The van der Waals surface area contributed by atoms with Crippen LogP contribution in [0.5, 0.6) is 0 Å². The lowest BCUT2D eigenvalue weighted by atomic mass is 10.3. The first kappa shape index (κ1) is 17.2. The van der Waals surface area contributed by atoms with E-state index in [0.29, 0.717) is 6.54 Å². The van der Waals surface area contributed by atoms with E-state index in [1.54, 1.807) is 37.1 Å². The summed E-state index contributed by atoms with van der Waals surface area (Å²) in [7, 11) is 1.62. The fraction of sp³-hybridized carbons (Fsp3) is 0.643. The average Bonchev–Trinajstić information content (AvgIpc) is 2.99. The summed E-state index contributed by atoms with van der Waals surface area (Å²) in [6, 6.07) is 1.35. The maximum Gasteiger partial charge on any atom is 0.247 e. The van der Waals surface area contributed by atoms with E-state index in [4.69, 9.17) is 0 Å². The number of hydrogen-bond donors (Lipinski definition) is 2. The molecule has 0 bridgehead atoms. The van der Waals surface area contributed by atoms with Gasteiger partial charge < -0.3 is 15.5 Å². The van der Waals surface area contributed by atoms with E-state index in [0.717, 1.165) is 19.5 Å². The lowest BCUT2D eigenvalue weighted by Crippen LogP contribution is -2.42. The van der Waals surface area contributed by atoms with Crippen molar-refractivity contribution in [2.45, 2.75) is 26.3 Å². The van der Waals surface area contributed by atoms with Crippen LogP contribution in [-0.2, 0) is 9.59 Å². The molecule has 1 rings (SSSR count). The van der Waals surface area contributed by atoms with Gasteiger partial charge in [-0.3, -0.25) is 14.3 Å². The van der Waals surface area contributed by atoms with Crippen molar-refractivity contribution in [2.24, 2.45) is 0 Å². The molecule has 1 aromatic rings. The Morgan fingerprint density at radius 3 is 2.71 bits per heavy atom. The highest BCUT2D eigenvalue weighted by atomic mass is 16.2. The standard InChI is InChI=1S/C14H25N5O2/c1-4-6-15-8-9-16-13(20)11-18(3)14(21)12(2)19-10-5-7-17-19/h5,7,10,12,15H,4,6,8-9,11H2,1-3H3,(H,16,20). The van der Waals surface area contributed by atoms with Crippen LogP contribution in [0.3, 0.4) is 0 Å². The Hall–Kier alpha value is -1.89. The van der Waals surface area contributed by atoms with Crippen molar-refractivity contribution in [3.63, 3.8) is 0 Å². The Morgan fingerprint density at radius 1 is 1.33 bits per heavy atom. The molecule has 0 saturated heterocycles. The Kier molecular flexibility index (Phi) is 7.45. The van der Waals surface area contributed by atoms with Gasteiger partial charge in [-0.2, -0.15) is 5.10 Å². The summed E-state index contributed by atoms with van der Waals surface area (Å²) >= 11 is 0. The molecule has 0 aliphatic rings. The smallest absolute Gasteiger partial charge is 0.247 e. The van der Waals surface area contributed by atoms with Crippen molar-refractivity contribution < 1.29 is 9.59 Å². The van der Waals surface area contributed by atoms with E-state index < -0.39 is 6.04 Å². The van der Waals surface area contributed by atoms with Crippen LogP contribution in [0.2, 0.25) is 0 Å². The van der Waals surface area contributed by atoms with Crippen LogP contribution >= 0.6 is 0 Å². The zero-order chi connectivity index (χ0) is 15.7. The molecule has 1 heterocycles. The number of hydrogen-bond acceptors (Lipinski definition) is 4. The quantitative estimate of drug-likeness (QED) is 0.629. The van der Waals surface area contributed by atoms with Crippen LogP contribution in [-0.4, -0.2) is 59.7 Å². The molecule has 118 valence electrons. The van der Waals surface area contributed by atoms with Crippen molar-refractivity contribution >= 4 is 11.8 Å². The molecule has 0 radical (unpaired) electrons. The van der Waals surface area contributed by atoms with Gasteiger partial charge in [-0.05, 0) is 26.0 Å². The van der Waals surface area contributed by atoms with Gasteiger partial charge in [0.1, 0.15) is 6.04 Å². The Balaban J connectivity index is 2.30. The molecule has 2 amide bonds. The van der Waals surface area contributed by atoms with Gasteiger partial charge in [0, 0.05) is 32.5 Å². The Bertz CT molecular complexity index is 433. The van der Waals surface area contributed by atoms with Gasteiger partial charge in [0.2, 0.25) is 11.8 Å². The molecule has 0 aliphatic carbocycles. The van der Waals surface area contributed by atoms with Gasteiger partial charge in [-0.1, -0.05) is 6.92 Å². The van der Waals surface area contributed by atoms with Crippen molar-refractivity contribution in [1.82, 2.24) is 25.3 Å². The number of rotatable bonds is 9. The van der Waals surface area contributed by atoms with Gasteiger partial charge in [-0.25, -0.2) is 0 Å². The van der Waals surface area contributed by atoms with E-state index in [1.165, 1.54) is 4.90 Å². The molecule has 0 aliphatic heterocycles. The topological polar surface area (TPSA) is 79.3 Å². The van der Waals surface area contributed by atoms with Gasteiger partial charge in [0.05, 0.1) is 6.54 Å². The summed E-state index contributed by atoms with van der Waals surface area (Å²) < 4.78 is 1.57. The third-order valence-corrected chi connectivity index (χ3v) is 3.09. The minimum Gasteiger partial charge on any atom is -0.353 e. The van der Waals surface area contributed by atoms with Crippen molar-refractivity contribution in [3.8, 4) is 0 Å². The number of carbonyl (C=O) groups is 2. The first-order valence-electron chi connectivity index (χ1n) is 7.27. The van der Waals surface area contributed by atoms with E-state index in [2.05, 4.69) is 22.7 Å². The first-order valence-corrected chi connectivity index (χ1v) is 7.27. The predicted molar refractivity (Wildman–Crippen MR) is 80.7 cm³/mol. The van der Waals surface area contributed by atoms with Crippen molar-refractivity contribution in [1.29, 1.82) is 0 Å². The van der Waals surface area contributed by atoms with E-state index in [-0.39, 0.29) is 18.4 Å². The zero-order valence-corrected chi connectivity index (χ0v) is 13.0. The summed E-state index contributed by atoms with van der Waals surface area (Å²) in [4.78, 5) is 25.3. The minimum absolute atomic E-state index is 0.0538. The highest BCUT2D eigenvalue weighted by molar-refractivity contribution is 5.86. The molecule has 1 unspecified atom stereocenters. The van der Waals surface area contributed by atoms with Gasteiger partial charge in [0.15, 0.2) is 0 Å². The van der Waals surface area contributed by atoms with Crippen LogP contribution in [0.15, 0.2) is 18.5 Å². The normalized spacial score (nSPS) is 12.0. The summed E-state index contributed by atoms with van der Waals surface area (Å²) in [6.07, 6.45) is 4.42. The summed E-state index contributed by atoms with van der Waals surface area (Å²) in [5.41, 5.74) is 0. The molecule has 0 aromatic carbocycles. The van der Waals surface area contributed by atoms with Crippen molar-refractivity contribution in [2.75, 3.05) is 33.2 Å². The van der Waals surface area contributed by atoms with Crippen molar-refractivity contribution in [3.05, 3.63) is 18.5 Å². The first-order chi connectivity index (χ1) is 10.1. The van der Waals surface area contributed by atoms with Crippen LogP contribution < -0.4 is 10.6 Å². The third-order valence-electron chi connectivity index (χ3n) is 3.09. The molecule has 7 heteroatoms. The molecule has 1 aromatic heterocycles. The Morgan fingerprint density at radius 2 is 2.10 bits per heavy atom. The van der Waals surface area contributed by atoms with Crippen LogP contribution in [0.4, 0.5) is 0 Å². The maximum atomic E-state index is 12.2. The lowest BCUT2D eigenvalue weighted by Gasteiger charge is -2.21. The number of likely N-dealkylation sites (N-methyl/N-ethyl adjacent to an activating group) is 1. The second kappa shape index (κ2) is 9.12. The molecule has 0 fully saturated rings. The molecule has 0 spiro atoms. The monoisotopic (exact) mass is 295 g/mol. The highest BCUT2D eigenvalue weighted by Gasteiger charge is 2.20. The molecular weight excluding hydrogens is 270 g/mol. The van der Waals surface area contributed by atoms with Crippen LogP contribution in [0, 0.1) is 0 Å². The number of amides is 2. The van der Waals surface area contributed by atoms with Gasteiger partial charge in [0.25, 0.3) is 0 Å². The van der Waals surface area contributed by atoms with Gasteiger partial charge in [-0.15, -0.1) is 0 Å². The fourth-order valence-electron chi connectivity index (χ4n) is 1.88. The van der Waals surface area contributed by atoms with Gasteiger partial charge >= 0.3 is 0 Å². The maximum absolute atomic E-state index is 12.2. The third kappa shape index (κ3) is 5.95. The average molecular weight is 295 g/mol. The zero-order valence-electron chi connectivity index (χ0n) is 13.0. The summed E-state index contributed by atoms with van der Waals surface area (Å²) in [6.45, 7) is 6.15. The highest BCUT2D eigenvalue weighted by Crippen LogP contribution is 2.06. The van der Waals surface area contributed by atoms with E-state index in [1.807, 2.05) is 0 Å². The molecular formula is C14H25N5O2. The SMILES string of the molecule is CCCNCCNC(=O)CN(C)C(=O)C(C)n1cccn1. The second-order valence-corrected chi connectivity index (χ2v) is 4.96. The molecule has 1 atom stereocenters. The number of carbonyl (C=O) groups excluding carboxylic acids is 2. The molecule has 7 nitrogen and oxygen atoms in total. The molecule has 21 heavy (non-hydrogen) atoms. The number of nitrogens with one attached hydrogen (secondary N) is 2. The predicted octanol–water partition coefficient (Wildman–Crippen LogP) is 0.0183. The largest absolute Gasteiger partial charge is 0.353 e. The molecule has 0 saturated carbocycles. The van der Waals surface area contributed by atoms with Crippen LogP contribution in [0.25, 0.3) is 0 Å². The second-order valence-electron chi connectivity index (χ2n) is 4.96. The fourth-order valence-corrected chi connectivity index (χ4v) is 1.88. The summed E-state index contributed by atoms with van der Waals surface area (Å²) in [5, 5.41) is 10.0. The lowest BCUT2D eigenvalue weighted by molar-refractivity contribution is -0.137. The van der Waals surface area contributed by atoms with E-state index >= 15 is 0 Å². The number of nitrogens with zero attached hydrogens (tertiary/aromatic N) is 3. The number of aromatic nitrogens is 2. The molecule has 2 N–H and O–H groups in total. The van der Waals surface area contributed by atoms with Crippen LogP contribution in [0.1, 0.15) is 26.3 Å². The van der Waals surface area contributed by atoms with E-state index in [9.17, 15) is 9.59 Å². The summed E-state index contributed by atoms with van der Waals surface area (Å²) in [5.74, 6) is -0.297. The minimum atomic E-state index is -0.413. The Labute approximate surface area is 125 Å².